The van der Waals surface area contributed by atoms with Crippen molar-refractivity contribution in [3.05, 3.63) is 35.4 Å². The van der Waals surface area contributed by atoms with Gasteiger partial charge in [-0.3, -0.25) is 0 Å². The van der Waals surface area contributed by atoms with Gasteiger partial charge in [0.05, 0.1) is 6.61 Å². The third kappa shape index (κ3) is 6.06. The van der Waals surface area contributed by atoms with E-state index in [0.29, 0.717) is 0 Å². The minimum atomic E-state index is 0. The number of halogens is 1. The molecule has 0 heterocycles. The number of nitrogens with one attached hydrogen (secondary N) is 1. The lowest BCUT2D eigenvalue weighted by Gasteiger charge is -2.06. The van der Waals surface area contributed by atoms with Crippen molar-refractivity contribution in [3.8, 4) is 0 Å². The standard InChI is InChI=1S/C14H21NO.ClH/c1-12-3-2-4-14(9-12)10-15-7-8-16-11-13-5-6-13;/h2-4,9,13,15H,5-8,10-11H2,1H3;1H. The van der Waals surface area contributed by atoms with Crippen LogP contribution in [0, 0.1) is 12.8 Å². The third-order valence-corrected chi connectivity index (χ3v) is 2.89. The Labute approximate surface area is 110 Å². The predicted molar refractivity (Wildman–Crippen MR) is 73.7 cm³/mol. The Morgan fingerprint density at radius 2 is 2.18 bits per heavy atom. The summed E-state index contributed by atoms with van der Waals surface area (Å²) < 4.78 is 5.56. The molecule has 1 aliphatic carbocycles. The van der Waals surface area contributed by atoms with Crippen LogP contribution in [0.3, 0.4) is 0 Å². The molecule has 3 heteroatoms. The van der Waals surface area contributed by atoms with Crippen LogP contribution in [0.1, 0.15) is 24.0 Å². The summed E-state index contributed by atoms with van der Waals surface area (Å²) in [5.74, 6) is 0.872. The van der Waals surface area contributed by atoms with Crippen LogP contribution in [0.25, 0.3) is 0 Å². The Morgan fingerprint density at radius 1 is 1.35 bits per heavy atom. The Hall–Kier alpha value is -0.570. The highest BCUT2D eigenvalue weighted by molar-refractivity contribution is 5.85. The number of hydrogen-bond donors (Lipinski definition) is 1. The molecule has 0 amide bonds. The highest BCUT2D eigenvalue weighted by atomic mass is 35.5. The molecule has 2 nitrogen and oxygen atoms in total. The smallest absolute Gasteiger partial charge is 0.0591 e. The van der Waals surface area contributed by atoms with Crippen LogP contribution in [0.4, 0.5) is 0 Å². The topological polar surface area (TPSA) is 21.3 Å². The maximum atomic E-state index is 5.56. The van der Waals surface area contributed by atoms with Crippen molar-refractivity contribution in [2.45, 2.75) is 26.3 Å². The summed E-state index contributed by atoms with van der Waals surface area (Å²) in [6.07, 6.45) is 2.74. The molecular weight excluding hydrogens is 234 g/mol. The fourth-order valence-corrected chi connectivity index (χ4v) is 1.73. The van der Waals surface area contributed by atoms with Crippen LogP contribution >= 0.6 is 12.4 Å². The lowest BCUT2D eigenvalue weighted by Crippen LogP contribution is -2.19. The molecule has 0 aromatic heterocycles. The maximum Gasteiger partial charge on any atom is 0.0591 e. The van der Waals surface area contributed by atoms with Gasteiger partial charge in [-0.25, -0.2) is 0 Å². The molecule has 1 aromatic rings. The zero-order valence-corrected chi connectivity index (χ0v) is 11.3. The molecule has 0 spiro atoms. The molecular formula is C14H22ClNO. The SMILES string of the molecule is Cc1cccc(CNCCOCC2CC2)c1.Cl. The number of hydrogen-bond acceptors (Lipinski definition) is 2. The Balaban J connectivity index is 0.00000144. The molecule has 96 valence electrons. The summed E-state index contributed by atoms with van der Waals surface area (Å²) >= 11 is 0. The van der Waals surface area contributed by atoms with E-state index in [1.807, 2.05) is 0 Å². The molecule has 1 aliphatic rings. The van der Waals surface area contributed by atoms with Crippen molar-refractivity contribution in [2.75, 3.05) is 19.8 Å². The van der Waals surface area contributed by atoms with Gasteiger partial charge in [-0.2, -0.15) is 0 Å². The average Bonchev–Trinajstić information content (AvgIpc) is 3.07. The second-order valence-corrected chi connectivity index (χ2v) is 4.68. The quantitative estimate of drug-likeness (QED) is 0.757. The van der Waals surface area contributed by atoms with Crippen molar-refractivity contribution in [2.24, 2.45) is 5.92 Å². The van der Waals surface area contributed by atoms with E-state index in [-0.39, 0.29) is 12.4 Å². The van der Waals surface area contributed by atoms with Crippen molar-refractivity contribution in [1.29, 1.82) is 0 Å². The van der Waals surface area contributed by atoms with E-state index in [0.717, 1.165) is 32.2 Å². The molecule has 0 atom stereocenters. The van der Waals surface area contributed by atoms with Gasteiger partial charge in [0.15, 0.2) is 0 Å². The van der Waals surface area contributed by atoms with Crippen LogP contribution in [0.5, 0.6) is 0 Å². The lowest BCUT2D eigenvalue weighted by atomic mass is 10.1. The van der Waals surface area contributed by atoms with Crippen molar-refractivity contribution in [1.82, 2.24) is 5.32 Å². The van der Waals surface area contributed by atoms with E-state index >= 15 is 0 Å². The van der Waals surface area contributed by atoms with Crippen LogP contribution in [0.2, 0.25) is 0 Å². The summed E-state index contributed by atoms with van der Waals surface area (Å²) in [6.45, 7) is 5.81. The van der Waals surface area contributed by atoms with E-state index in [9.17, 15) is 0 Å². The number of benzene rings is 1. The van der Waals surface area contributed by atoms with Gasteiger partial charge in [-0.1, -0.05) is 29.8 Å². The van der Waals surface area contributed by atoms with E-state index in [2.05, 4.69) is 36.5 Å². The highest BCUT2D eigenvalue weighted by Gasteiger charge is 2.20. The Kier molecular flexibility index (Phi) is 6.56. The molecule has 0 saturated heterocycles. The van der Waals surface area contributed by atoms with E-state index < -0.39 is 0 Å². The van der Waals surface area contributed by atoms with Gasteiger partial charge in [0.1, 0.15) is 0 Å². The number of rotatable bonds is 7. The van der Waals surface area contributed by atoms with Crippen molar-refractivity contribution < 1.29 is 4.74 Å². The lowest BCUT2D eigenvalue weighted by molar-refractivity contribution is 0.126. The minimum absolute atomic E-state index is 0. The molecule has 17 heavy (non-hydrogen) atoms. The summed E-state index contributed by atoms with van der Waals surface area (Å²) in [7, 11) is 0. The fraction of sp³-hybridized carbons (Fsp3) is 0.571. The van der Waals surface area contributed by atoms with Crippen LogP contribution in [-0.2, 0) is 11.3 Å². The summed E-state index contributed by atoms with van der Waals surface area (Å²) in [5.41, 5.74) is 2.67. The average molecular weight is 256 g/mol. The molecule has 1 aromatic carbocycles. The van der Waals surface area contributed by atoms with E-state index in [1.165, 1.54) is 24.0 Å². The van der Waals surface area contributed by atoms with Gasteiger partial charge in [-0.05, 0) is 31.2 Å². The molecule has 0 unspecified atom stereocenters. The molecule has 0 bridgehead atoms. The van der Waals surface area contributed by atoms with E-state index in [1.54, 1.807) is 0 Å². The van der Waals surface area contributed by atoms with Crippen molar-refractivity contribution >= 4 is 12.4 Å². The fourth-order valence-electron chi connectivity index (χ4n) is 1.73. The molecule has 2 rings (SSSR count). The van der Waals surface area contributed by atoms with E-state index in [4.69, 9.17) is 4.74 Å². The maximum absolute atomic E-state index is 5.56. The summed E-state index contributed by atoms with van der Waals surface area (Å²) in [4.78, 5) is 0. The molecule has 0 radical (unpaired) electrons. The van der Waals surface area contributed by atoms with Gasteiger partial charge in [-0.15, -0.1) is 12.4 Å². The largest absolute Gasteiger partial charge is 0.380 e. The van der Waals surface area contributed by atoms with Crippen LogP contribution in [-0.4, -0.2) is 19.8 Å². The number of aryl methyl sites for hydroxylation is 1. The third-order valence-electron chi connectivity index (χ3n) is 2.89. The second-order valence-electron chi connectivity index (χ2n) is 4.68. The van der Waals surface area contributed by atoms with Gasteiger partial charge >= 0.3 is 0 Å². The van der Waals surface area contributed by atoms with Crippen LogP contribution < -0.4 is 5.32 Å². The van der Waals surface area contributed by atoms with Crippen molar-refractivity contribution in [3.63, 3.8) is 0 Å². The Morgan fingerprint density at radius 3 is 2.88 bits per heavy atom. The molecule has 1 fully saturated rings. The first-order valence-corrected chi connectivity index (χ1v) is 6.18. The summed E-state index contributed by atoms with van der Waals surface area (Å²) in [6, 6.07) is 8.61. The van der Waals surface area contributed by atoms with Crippen LogP contribution in [0.15, 0.2) is 24.3 Å². The monoisotopic (exact) mass is 255 g/mol. The summed E-state index contributed by atoms with van der Waals surface area (Å²) in [5, 5.41) is 3.40. The highest BCUT2D eigenvalue weighted by Crippen LogP contribution is 2.28. The first-order valence-electron chi connectivity index (χ1n) is 6.18. The molecule has 0 aliphatic heterocycles. The van der Waals surface area contributed by atoms with Gasteiger partial charge in [0.25, 0.3) is 0 Å². The molecule has 1 saturated carbocycles. The van der Waals surface area contributed by atoms with Gasteiger partial charge in [0.2, 0.25) is 0 Å². The van der Waals surface area contributed by atoms with Gasteiger partial charge < -0.3 is 10.1 Å². The first-order chi connectivity index (χ1) is 7.84. The number of ether oxygens (including phenoxy) is 1. The zero-order valence-electron chi connectivity index (χ0n) is 10.4. The Bertz CT molecular complexity index is 326. The second kappa shape index (κ2) is 7.70. The normalized spacial score (nSPS) is 14.4. The van der Waals surface area contributed by atoms with Gasteiger partial charge in [0, 0.05) is 19.7 Å². The molecule has 1 N–H and O–H groups in total. The predicted octanol–water partition coefficient (Wildman–Crippen LogP) is 2.93. The minimum Gasteiger partial charge on any atom is -0.380 e. The zero-order chi connectivity index (χ0) is 11.2. The first kappa shape index (κ1) is 14.5.